The van der Waals surface area contributed by atoms with E-state index in [1.807, 2.05) is 12.1 Å². The van der Waals surface area contributed by atoms with Crippen molar-refractivity contribution in [3.05, 3.63) is 67.0 Å². The van der Waals surface area contributed by atoms with Gasteiger partial charge in [-0.1, -0.05) is 0 Å². The molecule has 0 aliphatic carbocycles. The van der Waals surface area contributed by atoms with Gasteiger partial charge in [0.2, 0.25) is 5.91 Å². The summed E-state index contributed by atoms with van der Waals surface area (Å²) in [5, 5.41) is 14.5. The maximum absolute atomic E-state index is 14.3. The molecule has 7 rings (SSSR count). The van der Waals surface area contributed by atoms with Crippen molar-refractivity contribution in [3.63, 3.8) is 0 Å². The second kappa shape index (κ2) is 11.2. The van der Waals surface area contributed by atoms with Gasteiger partial charge in [-0.25, -0.2) is 19.3 Å². The maximum atomic E-state index is 14.3. The first-order chi connectivity index (χ1) is 21.0. The van der Waals surface area contributed by atoms with E-state index in [2.05, 4.69) is 40.8 Å². The molecule has 1 aromatic carbocycles. The van der Waals surface area contributed by atoms with Crippen LogP contribution in [0, 0.1) is 11.7 Å². The molecule has 43 heavy (non-hydrogen) atoms. The van der Waals surface area contributed by atoms with Gasteiger partial charge in [-0.05, 0) is 67.7 Å². The van der Waals surface area contributed by atoms with Gasteiger partial charge in [0.25, 0.3) is 0 Å². The molecule has 6 heterocycles. The lowest BCUT2D eigenvalue weighted by Gasteiger charge is -2.21. The molecule has 0 bridgehead atoms. The van der Waals surface area contributed by atoms with Crippen LogP contribution in [-0.2, 0) is 4.79 Å². The molecule has 5 aromatic heterocycles. The Morgan fingerprint density at radius 1 is 1.02 bits per heavy atom. The molecule has 6 aromatic rings. The number of amides is 1. The third-order valence-electron chi connectivity index (χ3n) is 7.74. The second-order valence-electron chi connectivity index (χ2n) is 10.6. The number of piperidine rings is 1. The van der Waals surface area contributed by atoms with Gasteiger partial charge in [0.1, 0.15) is 17.3 Å². The molecular weight excluding hydrogens is 549 g/mol. The lowest BCUT2D eigenvalue weighted by Crippen LogP contribution is -2.30. The zero-order chi connectivity index (χ0) is 29.3. The van der Waals surface area contributed by atoms with Crippen molar-refractivity contribution in [2.75, 3.05) is 25.5 Å². The largest absolute Gasteiger partial charge is 0.497 e. The molecule has 1 aliphatic rings. The smallest absolute Gasteiger partial charge is 0.224 e. The molecule has 0 saturated carbocycles. The highest BCUT2D eigenvalue weighted by Crippen LogP contribution is 2.33. The van der Waals surface area contributed by atoms with E-state index < -0.39 is 5.82 Å². The highest BCUT2D eigenvalue weighted by Gasteiger charge is 2.19. The maximum Gasteiger partial charge on any atom is 0.224 e. The van der Waals surface area contributed by atoms with Crippen LogP contribution in [0.3, 0.4) is 0 Å². The summed E-state index contributed by atoms with van der Waals surface area (Å²) in [6, 6.07) is 10.2. The van der Waals surface area contributed by atoms with Crippen molar-refractivity contribution in [2.45, 2.75) is 19.3 Å². The van der Waals surface area contributed by atoms with Crippen LogP contribution in [-0.4, -0.2) is 61.2 Å². The monoisotopic (exact) mass is 577 g/mol. The Bertz CT molecular complexity index is 1960. The number of aromatic amines is 2. The number of hydrogen-bond donors (Lipinski definition) is 4. The van der Waals surface area contributed by atoms with Gasteiger partial charge >= 0.3 is 0 Å². The van der Waals surface area contributed by atoms with E-state index in [1.165, 1.54) is 19.2 Å². The van der Waals surface area contributed by atoms with E-state index in [1.54, 1.807) is 36.9 Å². The number of ether oxygens (including phenoxy) is 1. The third-order valence-corrected chi connectivity index (χ3v) is 7.74. The zero-order valence-corrected chi connectivity index (χ0v) is 23.3. The lowest BCUT2D eigenvalue weighted by atomic mass is 9.94. The van der Waals surface area contributed by atoms with E-state index >= 15 is 0 Å². The standard InChI is InChI=1S/C31H28FN9O2/c1-43-23-11-18(9-21(32)13-23)24-4-7-35-30-27(24)38-31(39-30)28-25-12-20(15-36-29(25)41-40-28)19-10-22(16-34-14-19)37-26(42)8-17-2-5-33-6-3-17/h4,7,9-17,33H,2-3,5-6,8H2,1H3,(H,37,42)(H,35,38,39)(H,36,40,41). The van der Waals surface area contributed by atoms with Crippen molar-refractivity contribution in [1.29, 1.82) is 0 Å². The van der Waals surface area contributed by atoms with Crippen molar-refractivity contribution in [3.8, 4) is 39.5 Å². The number of benzene rings is 1. The number of methoxy groups -OCH3 is 1. The minimum absolute atomic E-state index is 0.00824. The topological polar surface area (TPSA) is 146 Å². The van der Waals surface area contributed by atoms with Crippen LogP contribution in [0.1, 0.15) is 19.3 Å². The number of anilines is 1. The predicted molar refractivity (Wildman–Crippen MR) is 161 cm³/mol. The fourth-order valence-corrected chi connectivity index (χ4v) is 5.57. The number of fused-ring (bicyclic) bond motifs is 2. The molecule has 1 saturated heterocycles. The van der Waals surface area contributed by atoms with Gasteiger partial charge in [0.05, 0.1) is 29.9 Å². The van der Waals surface area contributed by atoms with Gasteiger partial charge in [-0.3, -0.25) is 14.9 Å². The fraction of sp³-hybridized carbons (Fsp3) is 0.226. The van der Waals surface area contributed by atoms with Crippen LogP contribution in [0.5, 0.6) is 5.75 Å². The second-order valence-corrected chi connectivity index (χ2v) is 10.6. The average Bonchev–Trinajstić information content (AvgIpc) is 3.65. The highest BCUT2D eigenvalue weighted by atomic mass is 19.1. The zero-order valence-electron chi connectivity index (χ0n) is 23.3. The van der Waals surface area contributed by atoms with E-state index in [-0.39, 0.29) is 5.91 Å². The number of nitrogens with zero attached hydrogens (tertiary/aromatic N) is 5. The van der Waals surface area contributed by atoms with Gasteiger partial charge in [0.15, 0.2) is 17.1 Å². The number of imidazole rings is 1. The van der Waals surface area contributed by atoms with Gasteiger partial charge in [-0.2, -0.15) is 5.10 Å². The molecule has 0 atom stereocenters. The van der Waals surface area contributed by atoms with Crippen LogP contribution in [0.4, 0.5) is 10.1 Å². The number of aromatic nitrogens is 7. The first kappa shape index (κ1) is 26.7. The highest BCUT2D eigenvalue weighted by molar-refractivity contribution is 5.96. The SMILES string of the molecule is COc1cc(F)cc(-c2ccnc3nc(-c4[nH]nc5ncc(-c6cncc(NC(=O)CC7CCNCC7)c6)cc45)[nH]c23)c1. The van der Waals surface area contributed by atoms with Crippen molar-refractivity contribution in [2.24, 2.45) is 5.92 Å². The number of carbonyl (C=O) groups excluding carboxylic acids is 1. The predicted octanol–water partition coefficient (Wildman–Crippen LogP) is 5.10. The summed E-state index contributed by atoms with van der Waals surface area (Å²) in [4.78, 5) is 34.0. The normalized spacial score (nSPS) is 13.9. The molecule has 1 fully saturated rings. The minimum Gasteiger partial charge on any atom is -0.497 e. The number of hydrogen-bond acceptors (Lipinski definition) is 8. The molecule has 1 amide bonds. The number of halogens is 1. The van der Waals surface area contributed by atoms with Crippen LogP contribution < -0.4 is 15.4 Å². The summed E-state index contributed by atoms with van der Waals surface area (Å²) in [7, 11) is 1.50. The molecule has 1 aliphatic heterocycles. The Labute approximate surface area is 245 Å². The summed E-state index contributed by atoms with van der Waals surface area (Å²) < 4.78 is 19.6. The molecule has 12 heteroatoms. The molecule has 0 radical (unpaired) electrons. The Balaban J connectivity index is 1.20. The molecular formula is C31H28FN9O2. The summed E-state index contributed by atoms with van der Waals surface area (Å²) in [6.45, 7) is 1.91. The molecule has 216 valence electrons. The summed E-state index contributed by atoms with van der Waals surface area (Å²) in [5.74, 6) is 0.905. The fourth-order valence-electron chi connectivity index (χ4n) is 5.57. The Morgan fingerprint density at radius 2 is 1.88 bits per heavy atom. The summed E-state index contributed by atoms with van der Waals surface area (Å²) in [6.07, 6.45) is 9.25. The molecule has 0 unspecified atom stereocenters. The van der Waals surface area contributed by atoms with Crippen LogP contribution >= 0.6 is 0 Å². The summed E-state index contributed by atoms with van der Waals surface area (Å²) >= 11 is 0. The lowest BCUT2D eigenvalue weighted by molar-refractivity contribution is -0.117. The van der Waals surface area contributed by atoms with Crippen LogP contribution in [0.25, 0.3) is 56.0 Å². The van der Waals surface area contributed by atoms with E-state index in [4.69, 9.17) is 9.72 Å². The quantitative estimate of drug-likeness (QED) is 0.205. The first-order valence-corrected chi connectivity index (χ1v) is 14.0. The number of carbonyl (C=O) groups is 1. The Kier molecular flexibility index (Phi) is 6.95. The van der Waals surface area contributed by atoms with Crippen molar-refractivity contribution < 1.29 is 13.9 Å². The number of nitrogens with one attached hydrogen (secondary N) is 4. The number of pyridine rings is 3. The van der Waals surface area contributed by atoms with E-state index in [0.717, 1.165) is 48.0 Å². The van der Waals surface area contributed by atoms with Crippen molar-refractivity contribution >= 4 is 33.8 Å². The average molecular weight is 578 g/mol. The van der Waals surface area contributed by atoms with E-state index in [9.17, 15) is 9.18 Å². The van der Waals surface area contributed by atoms with Gasteiger partial charge in [0, 0.05) is 47.8 Å². The van der Waals surface area contributed by atoms with Crippen molar-refractivity contribution in [1.82, 2.24) is 40.4 Å². The van der Waals surface area contributed by atoms with Crippen LogP contribution in [0.2, 0.25) is 0 Å². The minimum atomic E-state index is -0.405. The Hall–Kier alpha value is -5.23. The van der Waals surface area contributed by atoms with Gasteiger partial charge < -0.3 is 20.4 Å². The summed E-state index contributed by atoms with van der Waals surface area (Å²) in [5.41, 5.74) is 5.87. The number of rotatable bonds is 7. The van der Waals surface area contributed by atoms with Gasteiger partial charge in [-0.15, -0.1) is 0 Å². The molecule has 4 N–H and O–H groups in total. The van der Waals surface area contributed by atoms with E-state index in [0.29, 0.717) is 57.7 Å². The number of H-pyrrole nitrogens is 2. The van der Waals surface area contributed by atoms with Crippen LogP contribution in [0.15, 0.2) is 61.2 Å². The molecule has 0 spiro atoms. The first-order valence-electron chi connectivity index (χ1n) is 14.0. The Morgan fingerprint density at radius 3 is 2.74 bits per heavy atom. The molecule has 11 nitrogen and oxygen atoms in total. The third kappa shape index (κ3) is 5.40.